The van der Waals surface area contributed by atoms with E-state index in [1.807, 2.05) is 0 Å². The minimum atomic E-state index is -4.19. The van der Waals surface area contributed by atoms with E-state index in [0.717, 1.165) is 0 Å². The lowest BCUT2D eigenvalue weighted by molar-refractivity contribution is -0.0486. The molecule has 4 aromatic rings. The fraction of sp³-hybridized carbons (Fsp3) is 0.478. The summed E-state index contributed by atoms with van der Waals surface area (Å²) in [6.07, 6.45) is -8.10. The summed E-state index contributed by atoms with van der Waals surface area (Å²) in [6.45, 7) is -5.26. The fourth-order valence-electron chi connectivity index (χ4n) is 5.27. The van der Waals surface area contributed by atoms with Gasteiger partial charge in [0.2, 0.25) is 0 Å². The van der Waals surface area contributed by atoms with Crippen molar-refractivity contribution in [2.24, 2.45) is 0 Å². The van der Waals surface area contributed by atoms with Gasteiger partial charge in [0.05, 0.1) is 36.5 Å². The molecule has 232 valence electrons. The van der Waals surface area contributed by atoms with Crippen LogP contribution in [0.15, 0.2) is 35.8 Å². The number of aliphatic hydroxyl groups is 2. The Bertz CT molecular complexity index is 1760. The number of pyridine rings is 1. The van der Waals surface area contributed by atoms with Crippen LogP contribution in [0.4, 0.5) is 20.4 Å². The summed E-state index contributed by atoms with van der Waals surface area (Å²) in [5.41, 5.74) is 11.5. The molecule has 0 spiro atoms. The van der Waals surface area contributed by atoms with Gasteiger partial charge in [0, 0.05) is 18.7 Å². The van der Waals surface area contributed by atoms with Crippen molar-refractivity contribution in [3.8, 4) is 0 Å². The Kier molecular flexibility index (Phi) is 7.95. The zero-order chi connectivity index (χ0) is 30.6. The summed E-state index contributed by atoms with van der Waals surface area (Å²) < 4.78 is 55.3. The number of nitrogen functional groups attached to an aromatic ring is 2. The molecular weight excluding hydrogens is 617 g/mol. The van der Waals surface area contributed by atoms with Crippen LogP contribution in [0.5, 0.6) is 0 Å². The van der Waals surface area contributed by atoms with Gasteiger partial charge in [0.1, 0.15) is 41.9 Å². The minimum Gasteiger partial charge on any atom is -0.394 e. The number of anilines is 2. The molecule has 9 atom stereocenters. The van der Waals surface area contributed by atoms with E-state index in [9.17, 15) is 19.9 Å². The van der Waals surface area contributed by atoms with Gasteiger partial charge >= 0.3 is 6.72 Å². The number of aliphatic hydroxyl groups excluding tert-OH is 2. The van der Waals surface area contributed by atoms with E-state index in [2.05, 4.69) is 19.9 Å². The lowest BCUT2D eigenvalue weighted by Crippen LogP contribution is -2.32. The van der Waals surface area contributed by atoms with E-state index in [1.165, 1.54) is 34.1 Å². The first-order chi connectivity index (χ1) is 20.5. The average molecular weight is 645 g/mol. The summed E-state index contributed by atoms with van der Waals surface area (Å²) >= 11 is 5.10. The van der Waals surface area contributed by atoms with E-state index in [4.69, 9.17) is 41.8 Å². The second kappa shape index (κ2) is 11.4. The van der Waals surface area contributed by atoms with Crippen molar-refractivity contribution in [3.05, 3.63) is 41.3 Å². The van der Waals surface area contributed by atoms with Crippen LogP contribution < -0.4 is 17.0 Å². The molecule has 0 radical (unpaired) electrons. The molecule has 4 aromatic heterocycles. The highest BCUT2D eigenvalue weighted by Crippen LogP contribution is 2.50. The monoisotopic (exact) mass is 644 g/mol. The van der Waals surface area contributed by atoms with Crippen LogP contribution in [-0.2, 0) is 30.3 Å². The zero-order valence-corrected chi connectivity index (χ0v) is 23.7. The van der Waals surface area contributed by atoms with Gasteiger partial charge in [-0.2, -0.15) is 0 Å². The SMILES string of the molecule is Nc1cc2c(ncn2[C@@H]2O[C@H](CO)[C@@H](F)[C@H]2OP(O)(=S)OCC[C@H]2O[C@@H](n3ccc4c(N)ncnc43)[C@@H](F)[C@@H]2O)c(=O)[nH]1. The number of rotatable bonds is 9. The molecule has 6 heterocycles. The maximum absolute atomic E-state index is 15.3. The quantitative estimate of drug-likeness (QED) is 0.133. The van der Waals surface area contributed by atoms with Crippen molar-refractivity contribution < 1.29 is 42.4 Å². The van der Waals surface area contributed by atoms with Gasteiger partial charge in [-0.05, 0) is 17.9 Å². The first-order valence-electron chi connectivity index (χ1n) is 12.9. The molecule has 0 bridgehead atoms. The standard InChI is InChI=1S/C23H27F2N8O8PS/c24-14-12(6-34)40-23(33-8-30-16-10(33)5-13(26)31-21(16)36)18(14)41-42(37,43)38-4-2-11-17(35)15(25)22(39-11)32-3-1-9-19(27)28-7-29-20(9)32/h1,3,5,7-8,11-12,14-15,17-18,22-23,34-35H,2,4,6H2,(H,37,43)(H3,26,31,36)(H2,27,28,29)/t11-,12-,14-,15+,17-,18-,22-,23-,42?/m1/s1. The summed E-state index contributed by atoms with van der Waals surface area (Å²) in [7, 11) is 0. The number of hydrogen-bond acceptors (Lipinski definition) is 13. The topological polar surface area (TPSA) is 231 Å². The number of fused-ring (bicyclic) bond motifs is 2. The molecule has 2 fully saturated rings. The van der Waals surface area contributed by atoms with Crippen LogP contribution in [0.3, 0.4) is 0 Å². The zero-order valence-electron chi connectivity index (χ0n) is 22.0. The molecule has 2 saturated heterocycles. The molecule has 16 nitrogen and oxygen atoms in total. The van der Waals surface area contributed by atoms with Crippen LogP contribution in [-0.4, -0.2) is 94.1 Å². The van der Waals surface area contributed by atoms with E-state index in [0.29, 0.717) is 11.0 Å². The smallest absolute Gasteiger partial charge is 0.325 e. The molecule has 20 heteroatoms. The van der Waals surface area contributed by atoms with Crippen LogP contribution in [0.2, 0.25) is 0 Å². The molecule has 2 aliphatic rings. The van der Waals surface area contributed by atoms with Crippen molar-refractivity contribution >= 4 is 52.2 Å². The van der Waals surface area contributed by atoms with Gasteiger partial charge < -0.3 is 54.7 Å². The van der Waals surface area contributed by atoms with E-state index >= 15 is 8.78 Å². The number of H-pyrrole nitrogens is 1. The lowest BCUT2D eigenvalue weighted by Gasteiger charge is -2.26. The number of aromatic amines is 1. The van der Waals surface area contributed by atoms with E-state index in [1.54, 1.807) is 6.07 Å². The molecule has 0 saturated carbocycles. The van der Waals surface area contributed by atoms with Crippen LogP contribution in [0.1, 0.15) is 18.9 Å². The number of nitrogens with zero attached hydrogens (tertiary/aromatic N) is 5. The third-order valence-electron chi connectivity index (χ3n) is 7.34. The Morgan fingerprint density at radius 1 is 1.14 bits per heavy atom. The molecule has 0 aliphatic carbocycles. The van der Waals surface area contributed by atoms with E-state index < -0.39 is 68.1 Å². The molecule has 43 heavy (non-hydrogen) atoms. The summed E-state index contributed by atoms with van der Waals surface area (Å²) in [6, 6.07) is 2.98. The summed E-state index contributed by atoms with van der Waals surface area (Å²) in [4.78, 5) is 37.4. The summed E-state index contributed by atoms with van der Waals surface area (Å²) in [5, 5.41) is 20.6. The maximum atomic E-state index is 15.3. The predicted octanol–water partition coefficient (Wildman–Crippen LogP) is 0.167. The molecule has 0 aromatic carbocycles. The van der Waals surface area contributed by atoms with Gasteiger partial charge in [-0.25, -0.2) is 23.7 Å². The number of imidazole rings is 1. The number of ether oxygens (including phenoxy) is 2. The Morgan fingerprint density at radius 3 is 2.67 bits per heavy atom. The first kappa shape index (κ1) is 29.9. The second-order valence-electron chi connectivity index (χ2n) is 10.0. The molecule has 2 aliphatic heterocycles. The normalized spacial score (nSPS) is 30.8. The molecular formula is C23H27F2N8O8PS. The van der Waals surface area contributed by atoms with Gasteiger partial charge in [-0.1, -0.05) is 0 Å². The van der Waals surface area contributed by atoms with Gasteiger partial charge in [-0.15, -0.1) is 0 Å². The second-order valence-corrected chi connectivity index (χ2v) is 12.8. The van der Waals surface area contributed by atoms with Crippen LogP contribution >= 0.6 is 6.72 Å². The Balaban J connectivity index is 1.13. The average Bonchev–Trinajstić information content (AvgIpc) is 3.71. The fourth-order valence-corrected chi connectivity index (χ4v) is 6.72. The first-order valence-corrected chi connectivity index (χ1v) is 15.5. The third kappa shape index (κ3) is 5.41. The number of aromatic nitrogens is 6. The van der Waals surface area contributed by atoms with E-state index in [-0.39, 0.29) is 35.7 Å². The van der Waals surface area contributed by atoms with Crippen molar-refractivity contribution in [2.75, 3.05) is 24.7 Å². The highest BCUT2D eigenvalue weighted by atomic mass is 32.5. The predicted molar refractivity (Wildman–Crippen MR) is 149 cm³/mol. The summed E-state index contributed by atoms with van der Waals surface area (Å²) in [5.74, 6) is 0.211. The van der Waals surface area contributed by atoms with Crippen LogP contribution in [0.25, 0.3) is 22.1 Å². The molecule has 1 unspecified atom stereocenters. The van der Waals surface area contributed by atoms with Gasteiger partial charge in [-0.3, -0.25) is 9.32 Å². The molecule has 8 N–H and O–H groups in total. The van der Waals surface area contributed by atoms with Crippen molar-refractivity contribution in [3.63, 3.8) is 0 Å². The van der Waals surface area contributed by atoms with Crippen molar-refractivity contribution in [1.82, 2.24) is 29.1 Å². The lowest BCUT2D eigenvalue weighted by atomic mass is 10.1. The highest BCUT2D eigenvalue weighted by molar-refractivity contribution is 8.07. The Labute approximate surface area is 245 Å². The van der Waals surface area contributed by atoms with Crippen molar-refractivity contribution in [2.45, 2.75) is 55.6 Å². The number of hydrogen-bond donors (Lipinski definition) is 6. The Hall–Kier alpha value is -3.13. The number of nitrogens with one attached hydrogen (secondary N) is 1. The van der Waals surface area contributed by atoms with Gasteiger partial charge in [0.25, 0.3) is 5.56 Å². The third-order valence-corrected chi connectivity index (χ3v) is 8.93. The number of alkyl halides is 2. The highest BCUT2D eigenvalue weighted by Gasteiger charge is 2.50. The number of nitrogens with two attached hydrogens (primary N) is 2. The number of halogens is 2. The van der Waals surface area contributed by atoms with Crippen LogP contribution in [0, 0.1) is 0 Å². The largest absolute Gasteiger partial charge is 0.394 e. The minimum absolute atomic E-state index is 0.0114. The van der Waals surface area contributed by atoms with Crippen molar-refractivity contribution in [1.29, 1.82) is 0 Å². The van der Waals surface area contributed by atoms with Gasteiger partial charge in [0.15, 0.2) is 30.3 Å². The Morgan fingerprint density at radius 2 is 1.91 bits per heavy atom. The maximum Gasteiger partial charge on any atom is 0.325 e. The molecule has 6 rings (SSSR count). The molecule has 0 amide bonds.